The van der Waals surface area contributed by atoms with Crippen molar-refractivity contribution in [2.24, 2.45) is 5.41 Å². The van der Waals surface area contributed by atoms with Crippen LogP contribution in [0.15, 0.2) is 36.5 Å². The number of nitrogens with one attached hydrogen (secondary N) is 1. The molecule has 1 aromatic carbocycles. The predicted octanol–water partition coefficient (Wildman–Crippen LogP) is 4.97. The smallest absolute Gasteiger partial charge is 0.302 e. The van der Waals surface area contributed by atoms with Gasteiger partial charge in [0.05, 0.1) is 30.7 Å². The maximum Gasteiger partial charge on any atom is 0.302 e. The zero-order chi connectivity index (χ0) is 24.9. The Morgan fingerprint density at radius 2 is 2.06 bits per heavy atom. The Morgan fingerprint density at radius 3 is 2.71 bits per heavy atom. The topological polar surface area (TPSA) is 85.6 Å². The van der Waals surface area contributed by atoms with E-state index in [9.17, 15) is 9.90 Å². The van der Waals surface area contributed by atoms with Crippen molar-refractivity contribution in [3.8, 4) is 11.3 Å². The number of fused-ring (bicyclic) bond motifs is 1. The van der Waals surface area contributed by atoms with Gasteiger partial charge in [0, 0.05) is 60.9 Å². The van der Waals surface area contributed by atoms with E-state index >= 15 is 0 Å². The Hall–Kier alpha value is -2.90. The zero-order valence-corrected chi connectivity index (χ0v) is 21.1. The second-order valence-corrected chi connectivity index (χ2v) is 9.39. The van der Waals surface area contributed by atoms with Crippen LogP contribution in [0.1, 0.15) is 52.0 Å². The summed E-state index contributed by atoms with van der Waals surface area (Å²) in [7, 11) is 1.70. The number of methoxy groups -OCH3 is 1. The highest BCUT2D eigenvalue weighted by Gasteiger charge is 2.28. The Kier molecular flexibility index (Phi) is 8.33. The summed E-state index contributed by atoms with van der Waals surface area (Å²) >= 11 is 0. The molecule has 0 amide bonds. The van der Waals surface area contributed by atoms with Crippen LogP contribution >= 0.6 is 0 Å². The third-order valence-electron chi connectivity index (χ3n) is 6.08. The van der Waals surface area contributed by atoms with Gasteiger partial charge in [0.2, 0.25) is 0 Å². The van der Waals surface area contributed by atoms with E-state index in [0.717, 1.165) is 40.1 Å². The molecule has 1 atom stereocenters. The summed E-state index contributed by atoms with van der Waals surface area (Å²) in [5, 5.41) is 13.7. The molecule has 7 nitrogen and oxygen atoms in total. The molecule has 2 aromatic heterocycles. The zero-order valence-electron chi connectivity index (χ0n) is 21.1. The quantitative estimate of drug-likeness (QED) is 0.388. The first kappa shape index (κ1) is 25.7. The first-order chi connectivity index (χ1) is 16.2. The predicted molar refractivity (Wildman–Crippen MR) is 136 cm³/mol. The number of benzene rings is 1. The van der Waals surface area contributed by atoms with Gasteiger partial charge in [-0.1, -0.05) is 13.8 Å². The van der Waals surface area contributed by atoms with Crippen LogP contribution in [0, 0.1) is 5.41 Å². The number of aromatic nitrogens is 2. The van der Waals surface area contributed by atoms with Crippen LogP contribution < -0.4 is 5.32 Å². The summed E-state index contributed by atoms with van der Waals surface area (Å²) in [6, 6.07) is 10.4. The van der Waals surface area contributed by atoms with Crippen molar-refractivity contribution in [1.82, 2.24) is 9.55 Å². The summed E-state index contributed by atoms with van der Waals surface area (Å²) in [4.78, 5) is 16.2. The molecule has 7 heteroatoms. The van der Waals surface area contributed by atoms with Gasteiger partial charge >= 0.3 is 5.97 Å². The molecule has 3 aromatic rings. The Balaban J connectivity index is 2.28. The Labute approximate surface area is 202 Å². The molecular weight excluding hydrogens is 430 g/mol. The molecule has 0 bridgehead atoms. The van der Waals surface area contributed by atoms with Crippen LogP contribution in [0.4, 0.5) is 5.69 Å². The lowest BCUT2D eigenvalue weighted by molar-refractivity contribution is -0.143. The fourth-order valence-corrected chi connectivity index (χ4v) is 4.43. The van der Waals surface area contributed by atoms with E-state index in [1.807, 2.05) is 19.1 Å². The van der Waals surface area contributed by atoms with Gasteiger partial charge in [-0.2, -0.15) is 0 Å². The second kappa shape index (κ2) is 11.0. The van der Waals surface area contributed by atoms with E-state index < -0.39 is 0 Å². The second-order valence-electron chi connectivity index (χ2n) is 9.39. The number of carbonyl (C=O) groups is 1. The van der Waals surface area contributed by atoms with Crippen molar-refractivity contribution in [3.05, 3.63) is 47.8 Å². The van der Waals surface area contributed by atoms with Crippen molar-refractivity contribution >= 4 is 22.6 Å². The highest BCUT2D eigenvalue weighted by Crippen LogP contribution is 2.41. The molecule has 3 rings (SSSR count). The molecule has 2 heterocycles. The summed E-state index contributed by atoms with van der Waals surface area (Å²) in [6.45, 7) is 11.5. The SMILES string of the molecule is CCn1c(-c2cccnc2C(C)OC)c(CC(C)(C)COC(C)=O)c2cc(NCCO)ccc21. The third-order valence-corrected chi connectivity index (χ3v) is 6.08. The molecule has 184 valence electrons. The van der Waals surface area contributed by atoms with Crippen LogP contribution in [0.25, 0.3) is 22.2 Å². The molecule has 1 unspecified atom stereocenters. The molecule has 0 spiro atoms. The van der Waals surface area contributed by atoms with E-state index in [4.69, 9.17) is 9.47 Å². The third kappa shape index (κ3) is 5.59. The summed E-state index contributed by atoms with van der Waals surface area (Å²) in [6.07, 6.45) is 2.34. The van der Waals surface area contributed by atoms with E-state index in [1.165, 1.54) is 12.5 Å². The number of pyridine rings is 1. The molecule has 0 saturated carbocycles. The number of hydrogen-bond donors (Lipinski definition) is 2. The van der Waals surface area contributed by atoms with Crippen molar-refractivity contribution < 1.29 is 19.4 Å². The maximum atomic E-state index is 11.5. The normalized spacial score (nSPS) is 12.7. The molecule has 34 heavy (non-hydrogen) atoms. The van der Waals surface area contributed by atoms with Crippen molar-refractivity contribution in [2.75, 3.05) is 32.2 Å². The standard InChI is InChI=1S/C27H37N3O4/c1-7-30-24-11-10-20(28-13-14-31)15-22(24)23(16-27(4,5)17-34-19(3)32)26(30)21-9-8-12-29-25(21)18(2)33-6/h8-12,15,18,28,31H,7,13-14,16-17H2,1-6H3. The monoisotopic (exact) mass is 467 g/mol. The fourth-order valence-electron chi connectivity index (χ4n) is 4.43. The largest absolute Gasteiger partial charge is 0.465 e. The van der Waals surface area contributed by atoms with Crippen LogP contribution in [-0.4, -0.2) is 47.5 Å². The van der Waals surface area contributed by atoms with E-state index in [2.05, 4.69) is 53.8 Å². The summed E-state index contributed by atoms with van der Waals surface area (Å²) in [5.74, 6) is -0.275. The number of esters is 1. The van der Waals surface area contributed by atoms with Crippen LogP contribution in [0.5, 0.6) is 0 Å². The molecule has 0 saturated heterocycles. The number of hydrogen-bond acceptors (Lipinski definition) is 6. The van der Waals surface area contributed by atoms with Gasteiger partial charge in [0.25, 0.3) is 0 Å². The molecular formula is C27H37N3O4. The molecule has 0 fully saturated rings. The first-order valence-electron chi connectivity index (χ1n) is 11.8. The lowest BCUT2D eigenvalue weighted by Gasteiger charge is -2.25. The molecule has 0 radical (unpaired) electrons. The number of ether oxygens (including phenoxy) is 2. The van der Waals surface area contributed by atoms with Crippen molar-refractivity contribution in [3.63, 3.8) is 0 Å². The van der Waals surface area contributed by atoms with Crippen molar-refractivity contribution in [1.29, 1.82) is 0 Å². The summed E-state index contributed by atoms with van der Waals surface area (Å²) < 4.78 is 13.4. The molecule has 2 N–H and O–H groups in total. The average molecular weight is 468 g/mol. The number of aryl methyl sites for hydroxylation is 1. The lowest BCUT2D eigenvalue weighted by atomic mass is 9.84. The van der Waals surface area contributed by atoms with Gasteiger partial charge in [-0.15, -0.1) is 0 Å². The number of nitrogens with zero attached hydrogens (tertiary/aromatic N) is 2. The van der Waals surface area contributed by atoms with Crippen LogP contribution in [-0.2, 0) is 27.2 Å². The van der Waals surface area contributed by atoms with Gasteiger partial charge in [-0.3, -0.25) is 9.78 Å². The minimum absolute atomic E-state index is 0.0650. The maximum absolute atomic E-state index is 11.5. The average Bonchev–Trinajstić information content (AvgIpc) is 3.12. The first-order valence-corrected chi connectivity index (χ1v) is 11.8. The highest BCUT2D eigenvalue weighted by atomic mass is 16.5. The van der Waals surface area contributed by atoms with Crippen LogP contribution in [0.2, 0.25) is 0 Å². The van der Waals surface area contributed by atoms with Gasteiger partial charge < -0.3 is 24.5 Å². The number of anilines is 1. The number of rotatable bonds is 11. The van der Waals surface area contributed by atoms with E-state index in [-0.39, 0.29) is 24.1 Å². The van der Waals surface area contributed by atoms with E-state index in [0.29, 0.717) is 19.6 Å². The van der Waals surface area contributed by atoms with Gasteiger partial charge in [0.1, 0.15) is 0 Å². The van der Waals surface area contributed by atoms with Gasteiger partial charge in [-0.05, 0) is 56.2 Å². The van der Waals surface area contributed by atoms with Crippen LogP contribution in [0.3, 0.4) is 0 Å². The fraction of sp³-hybridized carbons (Fsp3) is 0.481. The number of aliphatic hydroxyl groups is 1. The minimum atomic E-state index is -0.281. The number of carbonyl (C=O) groups excluding carboxylic acids is 1. The van der Waals surface area contributed by atoms with Gasteiger partial charge in [0.15, 0.2) is 0 Å². The Morgan fingerprint density at radius 1 is 1.29 bits per heavy atom. The summed E-state index contributed by atoms with van der Waals surface area (Å²) in [5.41, 5.74) is 6.02. The Bertz CT molecular complexity index is 1140. The van der Waals surface area contributed by atoms with Crippen molar-refractivity contribution in [2.45, 2.75) is 53.7 Å². The lowest BCUT2D eigenvalue weighted by Crippen LogP contribution is -2.24. The number of aliphatic hydroxyl groups excluding tert-OH is 1. The molecule has 0 aliphatic carbocycles. The molecule has 0 aliphatic rings. The molecule has 0 aliphatic heterocycles. The minimum Gasteiger partial charge on any atom is -0.465 e. The van der Waals surface area contributed by atoms with Gasteiger partial charge in [-0.25, -0.2) is 0 Å². The highest BCUT2D eigenvalue weighted by molar-refractivity contribution is 5.94. The van der Waals surface area contributed by atoms with E-state index in [1.54, 1.807) is 13.3 Å².